The van der Waals surface area contributed by atoms with Crippen molar-refractivity contribution in [2.75, 3.05) is 13.1 Å². The van der Waals surface area contributed by atoms with Gasteiger partial charge in [0.2, 0.25) is 0 Å². The van der Waals surface area contributed by atoms with E-state index >= 15 is 0 Å². The van der Waals surface area contributed by atoms with Crippen LogP contribution in [0.15, 0.2) is 18.2 Å². The molecule has 2 N–H and O–H groups in total. The number of carbonyl (C=O) groups is 1. The lowest BCUT2D eigenvalue weighted by molar-refractivity contribution is 0.0921. The summed E-state index contributed by atoms with van der Waals surface area (Å²) in [5.41, 5.74) is -0.494. The van der Waals surface area contributed by atoms with E-state index in [1.807, 2.05) is 0 Å². The third-order valence-electron chi connectivity index (χ3n) is 2.86. The summed E-state index contributed by atoms with van der Waals surface area (Å²) in [6.45, 7) is 1.62. The molecular weight excluding hydrogens is 226 g/mol. The van der Waals surface area contributed by atoms with Gasteiger partial charge in [-0.15, -0.1) is 0 Å². The Hall–Kier alpha value is -1.49. The minimum absolute atomic E-state index is 0.0113. The van der Waals surface area contributed by atoms with Crippen LogP contribution in [0.25, 0.3) is 0 Å². The average molecular weight is 240 g/mol. The number of benzene rings is 1. The van der Waals surface area contributed by atoms with Gasteiger partial charge >= 0.3 is 0 Å². The molecule has 2 rings (SSSR count). The van der Waals surface area contributed by atoms with Crippen LogP contribution in [-0.4, -0.2) is 25.0 Å². The zero-order chi connectivity index (χ0) is 12.3. The van der Waals surface area contributed by atoms with Crippen LogP contribution >= 0.6 is 0 Å². The quantitative estimate of drug-likeness (QED) is 0.821. The first-order chi connectivity index (χ1) is 8.18. The number of halogens is 2. The summed E-state index contributed by atoms with van der Waals surface area (Å²) >= 11 is 0. The first kappa shape index (κ1) is 12.0. The van der Waals surface area contributed by atoms with E-state index < -0.39 is 23.1 Å². The third-order valence-corrected chi connectivity index (χ3v) is 2.86. The fourth-order valence-corrected chi connectivity index (χ4v) is 1.94. The monoisotopic (exact) mass is 240 g/mol. The molecule has 1 fully saturated rings. The van der Waals surface area contributed by atoms with E-state index in [9.17, 15) is 13.6 Å². The summed E-state index contributed by atoms with van der Waals surface area (Å²) in [6, 6.07) is 3.40. The molecule has 1 aliphatic heterocycles. The second kappa shape index (κ2) is 5.23. The first-order valence-electron chi connectivity index (χ1n) is 5.64. The standard InChI is InChI=1S/C12H14F2N2O/c13-9-2-1-3-10(14)11(9)12(17)16-8-4-6-15-7-5-8/h1-3,8,15H,4-7H2,(H,16,17). The molecule has 17 heavy (non-hydrogen) atoms. The van der Waals surface area contributed by atoms with Crippen LogP contribution < -0.4 is 10.6 Å². The smallest absolute Gasteiger partial charge is 0.257 e. The van der Waals surface area contributed by atoms with E-state index in [1.54, 1.807) is 0 Å². The topological polar surface area (TPSA) is 41.1 Å². The van der Waals surface area contributed by atoms with E-state index in [1.165, 1.54) is 6.07 Å². The Balaban J connectivity index is 2.08. The number of nitrogens with one attached hydrogen (secondary N) is 2. The highest BCUT2D eigenvalue weighted by atomic mass is 19.1. The van der Waals surface area contributed by atoms with Crippen molar-refractivity contribution in [2.45, 2.75) is 18.9 Å². The van der Waals surface area contributed by atoms with Gasteiger partial charge < -0.3 is 10.6 Å². The zero-order valence-corrected chi connectivity index (χ0v) is 9.30. The Morgan fingerprint density at radius 2 is 1.82 bits per heavy atom. The first-order valence-corrected chi connectivity index (χ1v) is 5.64. The molecule has 0 radical (unpaired) electrons. The molecule has 3 nitrogen and oxygen atoms in total. The van der Waals surface area contributed by atoms with Crippen molar-refractivity contribution in [3.05, 3.63) is 35.4 Å². The van der Waals surface area contributed by atoms with Crippen molar-refractivity contribution in [1.29, 1.82) is 0 Å². The van der Waals surface area contributed by atoms with Gasteiger partial charge in [-0.2, -0.15) is 0 Å². The molecule has 0 atom stereocenters. The van der Waals surface area contributed by atoms with Crippen molar-refractivity contribution < 1.29 is 13.6 Å². The zero-order valence-electron chi connectivity index (χ0n) is 9.30. The van der Waals surface area contributed by atoms with Crippen molar-refractivity contribution in [2.24, 2.45) is 0 Å². The Morgan fingerprint density at radius 3 is 2.41 bits per heavy atom. The molecule has 1 aliphatic rings. The molecule has 1 saturated heterocycles. The molecule has 1 aromatic rings. The highest BCUT2D eigenvalue weighted by Gasteiger charge is 2.21. The van der Waals surface area contributed by atoms with E-state index in [-0.39, 0.29) is 6.04 Å². The third kappa shape index (κ3) is 2.79. The highest BCUT2D eigenvalue weighted by Crippen LogP contribution is 2.13. The number of rotatable bonds is 2. The second-order valence-electron chi connectivity index (χ2n) is 4.09. The summed E-state index contributed by atoms with van der Waals surface area (Å²) in [4.78, 5) is 11.7. The fraction of sp³-hybridized carbons (Fsp3) is 0.417. The van der Waals surface area contributed by atoms with Gasteiger partial charge in [0.1, 0.15) is 17.2 Å². The molecule has 1 heterocycles. The molecule has 0 saturated carbocycles. The molecule has 5 heteroatoms. The fourth-order valence-electron chi connectivity index (χ4n) is 1.94. The van der Waals surface area contributed by atoms with E-state index in [4.69, 9.17) is 0 Å². The van der Waals surface area contributed by atoms with Crippen LogP contribution in [0.4, 0.5) is 8.78 Å². The van der Waals surface area contributed by atoms with Gasteiger partial charge in [-0.05, 0) is 38.1 Å². The Labute approximate surface area is 98.2 Å². The molecule has 0 aromatic heterocycles. The molecule has 0 spiro atoms. The maximum atomic E-state index is 13.3. The Bertz CT molecular complexity index is 397. The van der Waals surface area contributed by atoms with Gasteiger partial charge in [-0.1, -0.05) is 6.07 Å². The van der Waals surface area contributed by atoms with Crippen molar-refractivity contribution in [1.82, 2.24) is 10.6 Å². The molecule has 0 bridgehead atoms. The predicted molar refractivity (Wildman–Crippen MR) is 59.7 cm³/mol. The maximum Gasteiger partial charge on any atom is 0.257 e. The van der Waals surface area contributed by atoms with Crippen molar-refractivity contribution >= 4 is 5.91 Å². The van der Waals surface area contributed by atoms with Gasteiger partial charge in [-0.3, -0.25) is 4.79 Å². The van der Waals surface area contributed by atoms with Crippen molar-refractivity contribution in [3.8, 4) is 0 Å². The number of hydrogen-bond acceptors (Lipinski definition) is 2. The van der Waals surface area contributed by atoms with Crippen LogP contribution in [-0.2, 0) is 0 Å². The SMILES string of the molecule is O=C(NC1CCNCC1)c1c(F)cccc1F. The van der Waals surface area contributed by atoms with E-state index in [0.717, 1.165) is 38.1 Å². The minimum Gasteiger partial charge on any atom is -0.349 e. The van der Waals surface area contributed by atoms with Crippen molar-refractivity contribution in [3.63, 3.8) is 0 Å². The molecule has 1 amide bonds. The average Bonchev–Trinajstić information content (AvgIpc) is 2.30. The molecular formula is C12H14F2N2O. The number of hydrogen-bond donors (Lipinski definition) is 2. The molecule has 0 unspecified atom stereocenters. The van der Waals surface area contributed by atoms with Gasteiger partial charge in [0.25, 0.3) is 5.91 Å². The summed E-state index contributed by atoms with van der Waals surface area (Å²) in [5.74, 6) is -2.32. The maximum absolute atomic E-state index is 13.3. The highest BCUT2D eigenvalue weighted by molar-refractivity contribution is 5.94. The van der Waals surface area contributed by atoms with E-state index in [0.29, 0.717) is 0 Å². The number of amides is 1. The van der Waals surface area contributed by atoms with Gasteiger partial charge in [0.15, 0.2) is 0 Å². The Morgan fingerprint density at radius 1 is 1.24 bits per heavy atom. The lowest BCUT2D eigenvalue weighted by Crippen LogP contribution is -2.43. The number of piperidine rings is 1. The van der Waals surface area contributed by atoms with Crippen LogP contribution in [0.1, 0.15) is 23.2 Å². The predicted octanol–water partition coefficient (Wildman–Crippen LogP) is 1.45. The largest absolute Gasteiger partial charge is 0.349 e. The summed E-state index contributed by atoms with van der Waals surface area (Å²) < 4.78 is 26.7. The Kier molecular flexibility index (Phi) is 3.68. The lowest BCUT2D eigenvalue weighted by Gasteiger charge is -2.23. The number of carbonyl (C=O) groups excluding carboxylic acids is 1. The van der Waals surface area contributed by atoms with Gasteiger partial charge in [-0.25, -0.2) is 8.78 Å². The summed E-state index contributed by atoms with van der Waals surface area (Å²) in [6.07, 6.45) is 1.56. The van der Waals surface area contributed by atoms with Crippen LogP contribution in [0.5, 0.6) is 0 Å². The normalized spacial score (nSPS) is 16.8. The summed E-state index contributed by atoms with van der Waals surface area (Å²) in [7, 11) is 0. The summed E-state index contributed by atoms with van der Waals surface area (Å²) in [5, 5.41) is 5.81. The van der Waals surface area contributed by atoms with E-state index in [2.05, 4.69) is 10.6 Å². The van der Waals surface area contributed by atoms with Crippen LogP contribution in [0.2, 0.25) is 0 Å². The minimum atomic E-state index is -0.823. The van der Waals surface area contributed by atoms with Crippen LogP contribution in [0, 0.1) is 11.6 Å². The van der Waals surface area contributed by atoms with Gasteiger partial charge in [0, 0.05) is 6.04 Å². The van der Waals surface area contributed by atoms with Gasteiger partial charge in [0.05, 0.1) is 0 Å². The molecule has 92 valence electrons. The molecule has 0 aliphatic carbocycles. The van der Waals surface area contributed by atoms with Crippen LogP contribution in [0.3, 0.4) is 0 Å². The lowest BCUT2D eigenvalue weighted by atomic mass is 10.1. The molecule has 1 aromatic carbocycles. The second-order valence-corrected chi connectivity index (χ2v) is 4.09.